The Labute approximate surface area is 205 Å². The Bertz CT molecular complexity index is 1180. The van der Waals surface area contributed by atoms with Gasteiger partial charge in [-0.05, 0) is 86.6 Å². The summed E-state index contributed by atoms with van der Waals surface area (Å²) in [4.78, 5) is 54.2. The van der Waals surface area contributed by atoms with Gasteiger partial charge in [0.15, 0.2) is 0 Å². The van der Waals surface area contributed by atoms with Crippen molar-refractivity contribution >= 4 is 35.1 Å². The molecule has 1 saturated carbocycles. The number of carbonyl (C=O) groups is 4. The number of nitrogens with zero attached hydrogens (tertiary/aromatic N) is 2. The summed E-state index contributed by atoms with van der Waals surface area (Å²) < 4.78 is 5.55. The standard InChI is InChI=1S/C28H30N2O5/c1-16-4-9-23-24(13-16)27(33)30(26(23)32)20-5-7-22(8-6-20)35-28(34)19-14-25(31)29(15-19)21-11-17(2)10-18(3)12-21/h5-8,10-12,16,19,23-24H,4,9,13-15H2,1-3H3/t16-,19-,23-,24+/m1/s1. The number of esters is 1. The summed E-state index contributed by atoms with van der Waals surface area (Å²) in [5.74, 6) is -1.08. The van der Waals surface area contributed by atoms with Gasteiger partial charge in [0.2, 0.25) is 17.7 Å². The number of fused-ring (bicyclic) bond motifs is 1. The van der Waals surface area contributed by atoms with Crippen LogP contribution in [0.2, 0.25) is 0 Å². The van der Waals surface area contributed by atoms with E-state index in [9.17, 15) is 19.2 Å². The first-order valence-corrected chi connectivity index (χ1v) is 12.3. The summed E-state index contributed by atoms with van der Waals surface area (Å²) >= 11 is 0. The SMILES string of the molecule is Cc1cc(C)cc(N2C[C@H](C(=O)Oc3ccc(N4C(=O)[C@H]5C[C@H](C)CC[C@H]5C4=O)cc3)CC2=O)c1. The number of rotatable bonds is 4. The maximum Gasteiger partial charge on any atom is 0.316 e. The van der Waals surface area contributed by atoms with Crippen molar-refractivity contribution in [2.24, 2.45) is 23.7 Å². The van der Waals surface area contributed by atoms with Crippen LogP contribution in [0.5, 0.6) is 5.75 Å². The molecule has 4 atom stereocenters. The maximum atomic E-state index is 12.9. The van der Waals surface area contributed by atoms with Crippen molar-refractivity contribution in [2.75, 3.05) is 16.3 Å². The molecule has 2 heterocycles. The van der Waals surface area contributed by atoms with E-state index in [1.54, 1.807) is 29.2 Å². The fraction of sp³-hybridized carbons (Fsp3) is 0.429. The minimum atomic E-state index is -0.560. The summed E-state index contributed by atoms with van der Waals surface area (Å²) in [5.41, 5.74) is 3.41. The molecule has 2 aromatic carbocycles. The Balaban J connectivity index is 1.25. The fourth-order valence-corrected chi connectivity index (χ4v) is 5.73. The minimum Gasteiger partial charge on any atom is -0.426 e. The number of amides is 3. The Morgan fingerprint density at radius 2 is 1.54 bits per heavy atom. The van der Waals surface area contributed by atoms with Gasteiger partial charge >= 0.3 is 5.97 Å². The summed E-state index contributed by atoms with van der Waals surface area (Å²) in [6.45, 7) is 6.35. The van der Waals surface area contributed by atoms with Gasteiger partial charge in [0.05, 0.1) is 23.4 Å². The van der Waals surface area contributed by atoms with Gasteiger partial charge in [-0.3, -0.25) is 24.1 Å². The van der Waals surface area contributed by atoms with Crippen molar-refractivity contribution in [3.63, 3.8) is 0 Å². The quantitative estimate of drug-likeness (QED) is 0.377. The van der Waals surface area contributed by atoms with E-state index in [1.165, 1.54) is 4.90 Å². The number of ether oxygens (including phenoxy) is 1. The monoisotopic (exact) mass is 474 g/mol. The van der Waals surface area contributed by atoms with Crippen LogP contribution >= 0.6 is 0 Å². The van der Waals surface area contributed by atoms with Gasteiger partial charge in [-0.25, -0.2) is 0 Å². The van der Waals surface area contributed by atoms with E-state index in [-0.39, 0.29) is 42.5 Å². The van der Waals surface area contributed by atoms with Gasteiger partial charge in [-0.1, -0.05) is 13.0 Å². The van der Waals surface area contributed by atoms with E-state index in [1.807, 2.05) is 32.0 Å². The van der Waals surface area contributed by atoms with Crippen molar-refractivity contribution in [2.45, 2.75) is 46.5 Å². The third-order valence-corrected chi connectivity index (χ3v) is 7.48. The van der Waals surface area contributed by atoms with Gasteiger partial charge in [0, 0.05) is 18.7 Å². The van der Waals surface area contributed by atoms with E-state index in [0.717, 1.165) is 36.1 Å². The molecule has 3 amide bonds. The number of carbonyl (C=O) groups excluding carboxylic acids is 4. The molecule has 1 aliphatic carbocycles. The number of benzene rings is 2. The predicted octanol–water partition coefficient (Wildman–Crippen LogP) is 4.19. The Kier molecular flexibility index (Phi) is 5.95. The molecule has 0 spiro atoms. The normalized spacial score (nSPS) is 26.3. The second-order valence-corrected chi connectivity index (χ2v) is 10.3. The number of anilines is 2. The van der Waals surface area contributed by atoms with Gasteiger partial charge in [0.25, 0.3) is 0 Å². The van der Waals surface area contributed by atoms with Crippen LogP contribution in [-0.2, 0) is 19.2 Å². The largest absolute Gasteiger partial charge is 0.426 e. The molecule has 2 aromatic rings. The van der Waals surface area contributed by atoms with E-state index < -0.39 is 11.9 Å². The summed E-state index contributed by atoms with van der Waals surface area (Å²) in [6.07, 6.45) is 2.57. The molecule has 0 unspecified atom stereocenters. The topological polar surface area (TPSA) is 84.0 Å². The van der Waals surface area contributed by atoms with E-state index >= 15 is 0 Å². The Morgan fingerprint density at radius 3 is 2.23 bits per heavy atom. The molecular formula is C28H30N2O5. The molecule has 3 fully saturated rings. The second-order valence-electron chi connectivity index (χ2n) is 10.3. The van der Waals surface area contributed by atoms with Crippen LogP contribution in [0.15, 0.2) is 42.5 Å². The lowest BCUT2D eigenvalue weighted by Crippen LogP contribution is -2.30. The molecule has 0 radical (unpaired) electrons. The van der Waals surface area contributed by atoms with Crippen LogP contribution in [0.4, 0.5) is 11.4 Å². The molecule has 0 bridgehead atoms. The van der Waals surface area contributed by atoms with E-state index in [0.29, 0.717) is 17.4 Å². The summed E-state index contributed by atoms with van der Waals surface area (Å²) in [7, 11) is 0. The number of hydrogen-bond donors (Lipinski definition) is 0. The molecular weight excluding hydrogens is 444 g/mol. The van der Waals surface area contributed by atoms with Gasteiger partial charge in [-0.2, -0.15) is 0 Å². The molecule has 0 N–H and O–H groups in total. The molecule has 7 heteroatoms. The van der Waals surface area contributed by atoms with Crippen LogP contribution in [0, 0.1) is 37.5 Å². The molecule has 2 saturated heterocycles. The highest BCUT2D eigenvalue weighted by Crippen LogP contribution is 2.42. The average molecular weight is 475 g/mol. The zero-order chi connectivity index (χ0) is 24.9. The Morgan fingerprint density at radius 1 is 0.886 bits per heavy atom. The van der Waals surface area contributed by atoms with Crippen LogP contribution in [0.1, 0.15) is 43.7 Å². The molecule has 7 nitrogen and oxygen atoms in total. The van der Waals surface area contributed by atoms with E-state index in [4.69, 9.17) is 4.74 Å². The average Bonchev–Trinajstić information content (AvgIpc) is 3.31. The van der Waals surface area contributed by atoms with Gasteiger partial charge in [0.1, 0.15) is 5.75 Å². The highest BCUT2D eigenvalue weighted by molar-refractivity contribution is 6.22. The number of imide groups is 1. The first kappa shape index (κ1) is 23.3. The van der Waals surface area contributed by atoms with Crippen LogP contribution in [0.3, 0.4) is 0 Å². The van der Waals surface area contributed by atoms with Crippen molar-refractivity contribution in [3.8, 4) is 5.75 Å². The van der Waals surface area contributed by atoms with Crippen LogP contribution < -0.4 is 14.5 Å². The first-order valence-electron chi connectivity index (χ1n) is 12.3. The fourth-order valence-electron chi connectivity index (χ4n) is 5.73. The molecule has 182 valence electrons. The van der Waals surface area contributed by atoms with Crippen LogP contribution in [0.25, 0.3) is 0 Å². The number of hydrogen-bond acceptors (Lipinski definition) is 5. The number of aryl methyl sites for hydroxylation is 2. The van der Waals surface area contributed by atoms with Crippen molar-refractivity contribution in [3.05, 3.63) is 53.6 Å². The molecule has 2 aliphatic heterocycles. The first-order chi connectivity index (χ1) is 16.7. The predicted molar refractivity (Wildman–Crippen MR) is 131 cm³/mol. The zero-order valence-corrected chi connectivity index (χ0v) is 20.3. The van der Waals surface area contributed by atoms with Gasteiger partial charge < -0.3 is 9.64 Å². The van der Waals surface area contributed by atoms with Crippen molar-refractivity contribution < 1.29 is 23.9 Å². The lowest BCUT2D eigenvalue weighted by molar-refractivity contribution is -0.139. The molecule has 3 aliphatic rings. The van der Waals surface area contributed by atoms with Crippen molar-refractivity contribution in [1.29, 1.82) is 0 Å². The summed E-state index contributed by atoms with van der Waals surface area (Å²) in [5, 5.41) is 0. The minimum absolute atomic E-state index is 0.0991. The van der Waals surface area contributed by atoms with E-state index in [2.05, 4.69) is 6.92 Å². The lowest BCUT2D eigenvalue weighted by Gasteiger charge is -2.25. The van der Waals surface area contributed by atoms with Crippen molar-refractivity contribution in [1.82, 2.24) is 0 Å². The third-order valence-electron chi connectivity index (χ3n) is 7.48. The zero-order valence-electron chi connectivity index (χ0n) is 20.3. The highest BCUT2D eigenvalue weighted by atomic mass is 16.5. The lowest BCUT2D eigenvalue weighted by atomic mass is 9.76. The maximum absolute atomic E-state index is 12.9. The summed E-state index contributed by atoms with van der Waals surface area (Å²) in [6, 6.07) is 12.4. The van der Waals surface area contributed by atoms with Crippen LogP contribution in [-0.4, -0.2) is 30.2 Å². The third kappa shape index (κ3) is 4.35. The molecule has 5 rings (SSSR count). The smallest absolute Gasteiger partial charge is 0.316 e. The highest BCUT2D eigenvalue weighted by Gasteiger charge is 2.50. The molecule has 35 heavy (non-hydrogen) atoms. The second kappa shape index (κ2) is 8.95. The Hall–Kier alpha value is -3.48. The molecule has 0 aromatic heterocycles. The van der Waals surface area contributed by atoms with Gasteiger partial charge in [-0.15, -0.1) is 0 Å².